The molecule has 1 unspecified atom stereocenters. The summed E-state index contributed by atoms with van der Waals surface area (Å²) in [5, 5.41) is 16.7. The molecule has 1 aromatic rings. The van der Waals surface area contributed by atoms with Crippen LogP contribution >= 0.6 is 11.3 Å². The zero-order valence-electron chi connectivity index (χ0n) is 12.4. The summed E-state index contributed by atoms with van der Waals surface area (Å²) in [5.74, 6) is 0. The van der Waals surface area contributed by atoms with Gasteiger partial charge in [0.05, 0.1) is 16.3 Å². The Morgan fingerprint density at radius 1 is 1.33 bits per heavy atom. The van der Waals surface area contributed by atoms with Gasteiger partial charge in [0.2, 0.25) is 0 Å². The van der Waals surface area contributed by atoms with Gasteiger partial charge >= 0.3 is 0 Å². The van der Waals surface area contributed by atoms with Gasteiger partial charge in [-0.1, -0.05) is 34.6 Å². The second-order valence-corrected chi connectivity index (χ2v) is 7.53. The third-order valence-corrected chi connectivity index (χ3v) is 3.59. The van der Waals surface area contributed by atoms with E-state index in [0.717, 1.165) is 10.7 Å². The Morgan fingerprint density at radius 3 is 2.39 bits per heavy atom. The molecule has 18 heavy (non-hydrogen) atoms. The molecule has 0 aliphatic carbocycles. The number of hydrogen-bond donors (Lipinski definition) is 2. The van der Waals surface area contributed by atoms with Crippen molar-refractivity contribution in [2.45, 2.75) is 65.0 Å². The van der Waals surface area contributed by atoms with Crippen LogP contribution < -0.4 is 5.32 Å². The first-order valence-electron chi connectivity index (χ1n) is 6.51. The molecule has 0 bridgehead atoms. The average Bonchev–Trinajstić information content (AvgIpc) is 2.62. The van der Waals surface area contributed by atoms with E-state index < -0.39 is 5.60 Å². The van der Waals surface area contributed by atoms with E-state index in [1.807, 2.05) is 6.92 Å². The van der Waals surface area contributed by atoms with E-state index in [4.69, 9.17) is 0 Å². The van der Waals surface area contributed by atoms with Crippen LogP contribution in [0.2, 0.25) is 0 Å². The lowest BCUT2D eigenvalue weighted by molar-refractivity contribution is 0.0580. The minimum absolute atomic E-state index is 0.0801. The van der Waals surface area contributed by atoms with Crippen molar-refractivity contribution in [2.75, 3.05) is 6.54 Å². The van der Waals surface area contributed by atoms with Gasteiger partial charge in [-0.05, 0) is 6.92 Å². The first kappa shape index (κ1) is 15.6. The summed E-state index contributed by atoms with van der Waals surface area (Å²) in [6.07, 6.45) is 0.605. The smallest absolute Gasteiger partial charge is 0.0957 e. The molecule has 3 nitrogen and oxygen atoms in total. The summed E-state index contributed by atoms with van der Waals surface area (Å²) in [4.78, 5) is 4.62. The standard InChI is InChI=1S/C14H26N2OS/c1-10(2)15-9-14(6,17)7-12-16-11(8-18-12)13(3,4)5/h8,10,15,17H,7,9H2,1-6H3. The topological polar surface area (TPSA) is 45.1 Å². The van der Waals surface area contributed by atoms with E-state index >= 15 is 0 Å². The Balaban J connectivity index is 2.64. The summed E-state index contributed by atoms with van der Waals surface area (Å²) in [6.45, 7) is 13.1. The molecule has 1 heterocycles. The monoisotopic (exact) mass is 270 g/mol. The highest BCUT2D eigenvalue weighted by Crippen LogP contribution is 2.25. The van der Waals surface area contributed by atoms with Gasteiger partial charge in [0.25, 0.3) is 0 Å². The van der Waals surface area contributed by atoms with Gasteiger partial charge in [-0.15, -0.1) is 11.3 Å². The molecule has 2 N–H and O–H groups in total. The lowest BCUT2D eigenvalue weighted by Crippen LogP contribution is -2.42. The summed E-state index contributed by atoms with van der Waals surface area (Å²) in [5.41, 5.74) is 0.448. The number of aliphatic hydroxyl groups is 1. The number of rotatable bonds is 5. The zero-order chi connectivity index (χ0) is 14.0. The molecule has 1 rings (SSSR count). The predicted molar refractivity (Wildman–Crippen MR) is 78.3 cm³/mol. The molecule has 0 radical (unpaired) electrons. The van der Waals surface area contributed by atoms with Gasteiger partial charge in [-0.2, -0.15) is 0 Å². The van der Waals surface area contributed by atoms with E-state index in [0.29, 0.717) is 19.0 Å². The number of thiazole rings is 1. The quantitative estimate of drug-likeness (QED) is 0.865. The van der Waals surface area contributed by atoms with Gasteiger partial charge < -0.3 is 10.4 Å². The minimum atomic E-state index is -0.739. The Hall–Kier alpha value is -0.450. The van der Waals surface area contributed by atoms with Gasteiger partial charge in [0, 0.05) is 29.8 Å². The van der Waals surface area contributed by atoms with Crippen molar-refractivity contribution in [1.29, 1.82) is 0 Å². The molecule has 0 fully saturated rings. The van der Waals surface area contributed by atoms with Crippen LogP contribution in [0.3, 0.4) is 0 Å². The average molecular weight is 270 g/mol. The molecule has 0 aromatic carbocycles. The third kappa shape index (κ3) is 5.04. The molecule has 1 aromatic heterocycles. The minimum Gasteiger partial charge on any atom is -0.388 e. The van der Waals surface area contributed by atoms with Crippen molar-refractivity contribution in [3.8, 4) is 0 Å². The summed E-state index contributed by atoms with van der Waals surface area (Å²) < 4.78 is 0. The lowest BCUT2D eigenvalue weighted by atomic mass is 9.93. The summed E-state index contributed by atoms with van der Waals surface area (Å²) in [6, 6.07) is 0.387. The number of aromatic nitrogens is 1. The zero-order valence-corrected chi connectivity index (χ0v) is 13.2. The van der Waals surface area contributed by atoms with Crippen LogP contribution in [0.25, 0.3) is 0 Å². The molecule has 0 saturated heterocycles. The number of hydrogen-bond acceptors (Lipinski definition) is 4. The van der Waals surface area contributed by atoms with Crippen molar-refractivity contribution in [3.05, 3.63) is 16.1 Å². The van der Waals surface area contributed by atoms with E-state index in [9.17, 15) is 5.11 Å². The Kier molecular flexibility index (Phi) is 4.92. The van der Waals surface area contributed by atoms with Crippen molar-refractivity contribution < 1.29 is 5.11 Å². The fraction of sp³-hybridized carbons (Fsp3) is 0.786. The maximum atomic E-state index is 10.3. The molecule has 1 atom stereocenters. The van der Waals surface area contributed by atoms with Crippen molar-refractivity contribution in [2.24, 2.45) is 0 Å². The summed E-state index contributed by atoms with van der Waals surface area (Å²) >= 11 is 1.64. The van der Waals surface area contributed by atoms with Gasteiger partial charge in [0.15, 0.2) is 0 Å². The van der Waals surface area contributed by atoms with Gasteiger partial charge in [0.1, 0.15) is 0 Å². The number of nitrogens with one attached hydrogen (secondary N) is 1. The highest BCUT2D eigenvalue weighted by Gasteiger charge is 2.24. The SMILES string of the molecule is CC(C)NCC(C)(O)Cc1nc(C(C)(C)C)cs1. The largest absolute Gasteiger partial charge is 0.388 e. The van der Waals surface area contributed by atoms with E-state index in [2.05, 4.69) is 50.3 Å². The Labute approximate surface area is 115 Å². The maximum Gasteiger partial charge on any atom is 0.0957 e. The highest BCUT2D eigenvalue weighted by atomic mass is 32.1. The molecular formula is C14H26N2OS. The lowest BCUT2D eigenvalue weighted by Gasteiger charge is -2.24. The second-order valence-electron chi connectivity index (χ2n) is 6.59. The third-order valence-electron chi connectivity index (χ3n) is 2.74. The predicted octanol–water partition coefficient (Wildman–Crippen LogP) is 2.73. The molecule has 0 aliphatic heterocycles. The molecule has 0 amide bonds. The molecule has 104 valence electrons. The first-order valence-corrected chi connectivity index (χ1v) is 7.39. The Morgan fingerprint density at radius 2 is 1.94 bits per heavy atom. The molecular weight excluding hydrogens is 244 g/mol. The van der Waals surface area contributed by atoms with E-state index in [-0.39, 0.29) is 5.41 Å². The Bertz CT molecular complexity index is 377. The highest BCUT2D eigenvalue weighted by molar-refractivity contribution is 7.09. The van der Waals surface area contributed by atoms with E-state index in [1.54, 1.807) is 11.3 Å². The van der Waals surface area contributed by atoms with Gasteiger partial charge in [-0.25, -0.2) is 4.98 Å². The molecule has 0 aliphatic rings. The van der Waals surface area contributed by atoms with Crippen LogP contribution in [-0.4, -0.2) is 28.3 Å². The fourth-order valence-electron chi connectivity index (χ4n) is 1.55. The number of nitrogens with zero attached hydrogens (tertiary/aromatic N) is 1. The van der Waals surface area contributed by atoms with Crippen molar-refractivity contribution in [3.63, 3.8) is 0 Å². The molecule has 0 saturated carbocycles. The second kappa shape index (κ2) is 5.68. The van der Waals surface area contributed by atoms with E-state index in [1.165, 1.54) is 0 Å². The molecule has 0 spiro atoms. The normalized spacial score (nSPS) is 16.0. The molecule has 4 heteroatoms. The fourth-order valence-corrected chi connectivity index (χ4v) is 2.75. The summed E-state index contributed by atoms with van der Waals surface area (Å²) in [7, 11) is 0. The van der Waals surface area contributed by atoms with Crippen LogP contribution in [0.5, 0.6) is 0 Å². The van der Waals surface area contributed by atoms with Crippen molar-refractivity contribution in [1.82, 2.24) is 10.3 Å². The van der Waals surface area contributed by atoms with Crippen LogP contribution in [0, 0.1) is 0 Å². The van der Waals surface area contributed by atoms with Crippen molar-refractivity contribution >= 4 is 11.3 Å². The van der Waals surface area contributed by atoms with Crippen LogP contribution in [0.1, 0.15) is 52.2 Å². The van der Waals surface area contributed by atoms with Crippen LogP contribution in [-0.2, 0) is 11.8 Å². The van der Waals surface area contributed by atoms with Gasteiger partial charge in [-0.3, -0.25) is 0 Å². The van der Waals surface area contributed by atoms with Crippen LogP contribution in [0.15, 0.2) is 5.38 Å². The van der Waals surface area contributed by atoms with Crippen LogP contribution in [0.4, 0.5) is 0 Å². The maximum absolute atomic E-state index is 10.3. The first-order chi connectivity index (χ1) is 8.10.